The van der Waals surface area contributed by atoms with E-state index in [0.717, 1.165) is 27.5 Å². The Morgan fingerprint density at radius 3 is 1.93 bits per heavy atom. The van der Waals surface area contributed by atoms with Crippen molar-refractivity contribution in [1.82, 2.24) is 0 Å². The van der Waals surface area contributed by atoms with Crippen molar-refractivity contribution in [3.05, 3.63) is 184 Å². The lowest BCUT2D eigenvalue weighted by Crippen LogP contribution is -2.12. The van der Waals surface area contributed by atoms with E-state index in [2.05, 4.69) is 31.1 Å². The third-order valence-electron chi connectivity index (χ3n) is 10.1. The predicted octanol–water partition coefficient (Wildman–Crippen LogP) is 13.2. The van der Waals surface area contributed by atoms with Gasteiger partial charge >= 0.3 is 0 Å². The lowest BCUT2D eigenvalue weighted by molar-refractivity contribution is 0.101. The monoisotopic (exact) mass is 790 g/mol. The van der Waals surface area contributed by atoms with Crippen molar-refractivity contribution in [2.24, 2.45) is 20.5 Å². The van der Waals surface area contributed by atoms with Crippen LogP contribution >= 0.6 is 11.6 Å². The molecular weight excluding hydrogens is 760 g/mol. The molecule has 1 aliphatic rings. The molecule has 284 valence electrons. The molecule has 0 aromatic heterocycles. The van der Waals surface area contributed by atoms with Gasteiger partial charge in [0, 0.05) is 33.2 Å². The highest BCUT2D eigenvalue weighted by Crippen LogP contribution is 2.43. The molecule has 9 rings (SSSR count). The molecule has 59 heavy (non-hydrogen) atoms. The van der Waals surface area contributed by atoms with Crippen LogP contribution < -0.4 is 10.6 Å². The minimum absolute atomic E-state index is 0.00499. The smallest absolute Gasteiger partial charge is 0.259 e. The van der Waals surface area contributed by atoms with Crippen molar-refractivity contribution in [1.29, 1.82) is 0 Å². The first-order chi connectivity index (χ1) is 28.7. The topological polar surface area (TPSA) is 145 Å². The number of ketones is 1. The standard InChI is InChI=1S/C48H31ClN6O4/c1-27-9-8-12-31(21-27)50-47(58)30-22-28-10-2-4-13-34(28)43(24-30)54-52-32-17-19-36-37-20-18-33(26-39(37)45(56)38(36)25-32)53-55-44-35-14-5-3-11-29(35)23-40(46(44)57)48(59)51-42-16-7-6-15-41(42)49/h2-26,57H,1H3,(H,50,58)(H,51,59). The highest BCUT2D eigenvalue weighted by molar-refractivity contribution is 6.34. The van der Waals surface area contributed by atoms with E-state index in [1.54, 1.807) is 78.9 Å². The molecule has 11 heteroatoms. The fraction of sp³-hybridized carbons (Fsp3) is 0.0208. The van der Waals surface area contributed by atoms with E-state index >= 15 is 0 Å². The van der Waals surface area contributed by atoms with Crippen molar-refractivity contribution in [2.75, 3.05) is 10.6 Å². The van der Waals surface area contributed by atoms with Gasteiger partial charge in [0.15, 0.2) is 11.5 Å². The number of rotatable bonds is 8. The molecule has 8 aromatic rings. The lowest BCUT2D eigenvalue weighted by Gasteiger charge is -2.12. The van der Waals surface area contributed by atoms with Gasteiger partial charge in [-0.2, -0.15) is 10.2 Å². The number of aryl methyl sites for hydroxylation is 1. The maximum Gasteiger partial charge on any atom is 0.259 e. The average molecular weight is 791 g/mol. The van der Waals surface area contributed by atoms with E-state index in [9.17, 15) is 19.5 Å². The quantitative estimate of drug-likeness (QED) is 0.132. The molecule has 0 saturated heterocycles. The number of benzene rings is 8. The molecule has 0 heterocycles. The number of para-hydroxylation sites is 1. The molecule has 0 bridgehead atoms. The summed E-state index contributed by atoms with van der Waals surface area (Å²) in [6.45, 7) is 1.96. The van der Waals surface area contributed by atoms with E-state index in [1.165, 1.54) is 0 Å². The fourth-order valence-corrected chi connectivity index (χ4v) is 7.36. The molecule has 0 unspecified atom stereocenters. The van der Waals surface area contributed by atoms with Crippen LogP contribution in [0.25, 0.3) is 32.7 Å². The number of hydrogen-bond donors (Lipinski definition) is 3. The largest absolute Gasteiger partial charge is 0.505 e. The van der Waals surface area contributed by atoms with Gasteiger partial charge in [0.05, 0.1) is 33.3 Å². The van der Waals surface area contributed by atoms with Gasteiger partial charge < -0.3 is 15.7 Å². The molecule has 0 aliphatic heterocycles. The second-order valence-electron chi connectivity index (χ2n) is 14.0. The van der Waals surface area contributed by atoms with Gasteiger partial charge in [0.25, 0.3) is 11.8 Å². The molecule has 0 spiro atoms. The van der Waals surface area contributed by atoms with Gasteiger partial charge in [-0.3, -0.25) is 14.4 Å². The third-order valence-corrected chi connectivity index (χ3v) is 10.4. The zero-order valence-corrected chi connectivity index (χ0v) is 32.0. The van der Waals surface area contributed by atoms with Crippen LogP contribution in [0, 0.1) is 6.92 Å². The maximum atomic E-state index is 13.8. The summed E-state index contributed by atoms with van der Waals surface area (Å²) in [5, 5.41) is 38.2. The first kappa shape index (κ1) is 36.8. The van der Waals surface area contributed by atoms with E-state index in [4.69, 9.17) is 11.6 Å². The summed E-state index contributed by atoms with van der Waals surface area (Å²) in [7, 11) is 0. The van der Waals surface area contributed by atoms with Gasteiger partial charge in [0.1, 0.15) is 5.69 Å². The summed E-state index contributed by atoms with van der Waals surface area (Å²) in [4.78, 5) is 40.5. The number of carbonyl (C=O) groups excluding carboxylic acids is 3. The Morgan fingerprint density at radius 1 is 0.576 bits per heavy atom. The summed E-state index contributed by atoms with van der Waals surface area (Å²) >= 11 is 6.26. The van der Waals surface area contributed by atoms with Crippen LogP contribution in [-0.4, -0.2) is 22.7 Å². The number of anilines is 2. The Labute approximate surface area is 342 Å². The predicted molar refractivity (Wildman–Crippen MR) is 232 cm³/mol. The number of azo groups is 2. The summed E-state index contributed by atoms with van der Waals surface area (Å²) in [5.41, 5.74) is 6.37. The number of phenolic OH excluding ortho intramolecular Hbond substituents is 1. The van der Waals surface area contributed by atoms with Gasteiger partial charge in [-0.25, -0.2) is 0 Å². The number of nitrogens with zero attached hydrogens (tertiary/aromatic N) is 4. The third kappa shape index (κ3) is 7.20. The van der Waals surface area contributed by atoms with Gasteiger partial charge in [-0.1, -0.05) is 96.5 Å². The Morgan fingerprint density at radius 2 is 1.22 bits per heavy atom. The van der Waals surface area contributed by atoms with Crippen LogP contribution in [0.4, 0.5) is 34.1 Å². The van der Waals surface area contributed by atoms with Crippen molar-refractivity contribution < 1.29 is 19.5 Å². The first-order valence-corrected chi connectivity index (χ1v) is 19.0. The van der Waals surface area contributed by atoms with Crippen LogP contribution in [0.1, 0.15) is 42.2 Å². The normalized spacial score (nSPS) is 12.0. The number of halogens is 1. The number of carbonyl (C=O) groups is 3. The Kier molecular flexibility index (Phi) is 9.52. The van der Waals surface area contributed by atoms with Gasteiger partial charge in [-0.05, 0) is 101 Å². The van der Waals surface area contributed by atoms with Crippen LogP contribution in [-0.2, 0) is 0 Å². The molecular formula is C48H31ClN6O4. The number of fused-ring (bicyclic) bond motifs is 5. The van der Waals surface area contributed by atoms with E-state index in [1.807, 2.05) is 79.7 Å². The molecule has 1 aliphatic carbocycles. The number of nitrogens with one attached hydrogen (secondary N) is 2. The second kappa shape index (κ2) is 15.3. The number of hydrogen-bond acceptors (Lipinski definition) is 8. The molecule has 3 N–H and O–H groups in total. The number of phenols is 1. The minimum Gasteiger partial charge on any atom is -0.505 e. The molecule has 2 amide bonds. The minimum atomic E-state index is -0.569. The van der Waals surface area contributed by atoms with Crippen molar-refractivity contribution in [2.45, 2.75) is 6.92 Å². The van der Waals surface area contributed by atoms with E-state index in [-0.39, 0.29) is 28.7 Å². The Bertz CT molecular complexity index is 3120. The SMILES string of the molecule is Cc1cccc(NC(=O)c2cc(N=Nc3ccc4c(c3)C(=O)c3cc(N=Nc5c(O)c(C(=O)Nc6ccccc6Cl)cc6ccccc56)ccc3-4)c3ccccc3c2)c1. The summed E-state index contributed by atoms with van der Waals surface area (Å²) in [6.07, 6.45) is 0. The van der Waals surface area contributed by atoms with Crippen LogP contribution in [0.5, 0.6) is 5.75 Å². The summed E-state index contributed by atoms with van der Waals surface area (Å²) in [5.74, 6) is -1.40. The molecule has 0 saturated carbocycles. The second-order valence-corrected chi connectivity index (χ2v) is 14.4. The maximum absolute atomic E-state index is 13.8. The summed E-state index contributed by atoms with van der Waals surface area (Å²) < 4.78 is 0. The highest BCUT2D eigenvalue weighted by Gasteiger charge is 2.27. The van der Waals surface area contributed by atoms with E-state index < -0.39 is 5.91 Å². The molecule has 0 atom stereocenters. The average Bonchev–Trinajstić information content (AvgIpc) is 3.52. The van der Waals surface area contributed by atoms with E-state index in [0.29, 0.717) is 60.9 Å². The molecule has 0 fully saturated rings. The van der Waals surface area contributed by atoms with Crippen LogP contribution in [0.2, 0.25) is 5.02 Å². The molecule has 0 radical (unpaired) electrons. The lowest BCUT2D eigenvalue weighted by atomic mass is 10.0. The van der Waals surface area contributed by atoms with Crippen molar-refractivity contribution in [3.63, 3.8) is 0 Å². The number of amides is 2. The Hall–Kier alpha value is -7.82. The number of aromatic hydroxyl groups is 1. The van der Waals surface area contributed by atoms with Crippen molar-refractivity contribution >= 4 is 84.9 Å². The molecule has 8 aromatic carbocycles. The van der Waals surface area contributed by atoms with Gasteiger partial charge in [0.2, 0.25) is 0 Å². The molecule has 10 nitrogen and oxygen atoms in total. The van der Waals surface area contributed by atoms with Crippen LogP contribution in [0.3, 0.4) is 0 Å². The Balaban J connectivity index is 0.982. The fourth-order valence-electron chi connectivity index (χ4n) is 7.17. The van der Waals surface area contributed by atoms with Gasteiger partial charge in [-0.15, -0.1) is 10.2 Å². The highest BCUT2D eigenvalue weighted by atomic mass is 35.5. The summed E-state index contributed by atoms with van der Waals surface area (Å²) in [6, 6.07) is 44.9. The first-order valence-electron chi connectivity index (χ1n) is 18.6. The zero-order chi connectivity index (χ0) is 40.6. The zero-order valence-electron chi connectivity index (χ0n) is 31.3. The van der Waals surface area contributed by atoms with Crippen LogP contribution in [0.15, 0.2) is 172 Å². The van der Waals surface area contributed by atoms with Crippen molar-refractivity contribution in [3.8, 4) is 16.9 Å².